The number of benzene rings is 1. The lowest BCUT2D eigenvalue weighted by Crippen LogP contribution is -2.31. The van der Waals surface area contributed by atoms with Crippen LogP contribution in [-0.2, 0) is 4.79 Å². The zero-order chi connectivity index (χ0) is 19.8. The van der Waals surface area contributed by atoms with Crippen molar-refractivity contribution in [1.82, 2.24) is 19.9 Å². The predicted molar refractivity (Wildman–Crippen MR) is 118 cm³/mol. The first-order valence-electron chi connectivity index (χ1n) is 8.90. The normalized spacial score (nSPS) is 12.6. The number of carbonyl (C=O) groups is 1. The minimum absolute atomic E-state index is 0.0631. The zero-order valence-electron chi connectivity index (χ0n) is 16.1. The smallest absolute Gasteiger partial charge is 0.233 e. The number of rotatable bonds is 5. The Bertz CT molecular complexity index is 1130. The van der Waals surface area contributed by atoms with Crippen LogP contribution in [0, 0.1) is 13.8 Å². The molecule has 1 atom stereocenters. The molecule has 4 rings (SSSR count). The van der Waals surface area contributed by atoms with Gasteiger partial charge in [0.05, 0.1) is 22.0 Å². The molecule has 4 aromatic rings. The molecule has 3 aromatic heterocycles. The van der Waals surface area contributed by atoms with Crippen molar-refractivity contribution in [2.24, 2.45) is 0 Å². The van der Waals surface area contributed by atoms with E-state index in [1.807, 2.05) is 32.2 Å². The molecular formula is C20H20N4OS3. The van der Waals surface area contributed by atoms with Crippen LogP contribution in [-0.4, -0.2) is 38.6 Å². The van der Waals surface area contributed by atoms with Gasteiger partial charge in [-0.3, -0.25) is 4.79 Å². The average molecular weight is 429 g/mol. The molecule has 0 unspecified atom stereocenters. The van der Waals surface area contributed by atoms with Gasteiger partial charge in [0.25, 0.3) is 0 Å². The number of hydrogen-bond donors (Lipinski definition) is 0. The molecule has 0 fully saturated rings. The number of aryl methyl sites for hydroxylation is 2. The molecule has 0 spiro atoms. The molecule has 0 radical (unpaired) electrons. The monoisotopic (exact) mass is 428 g/mol. The summed E-state index contributed by atoms with van der Waals surface area (Å²) in [6.07, 6.45) is 1.58. The van der Waals surface area contributed by atoms with Gasteiger partial charge in [-0.15, -0.1) is 22.7 Å². The fourth-order valence-corrected chi connectivity index (χ4v) is 6.05. The zero-order valence-corrected chi connectivity index (χ0v) is 18.5. The molecule has 1 aromatic carbocycles. The van der Waals surface area contributed by atoms with Gasteiger partial charge in [-0.1, -0.05) is 23.9 Å². The molecule has 3 heterocycles. The number of thiophene rings is 1. The highest BCUT2D eigenvalue weighted by molar-refractivity contribution is 8.00. The molecule has 0 saturated heterocycles. The van der Waals surface area contributed by atoms with Gasteiger partial charge in [-0.05, 0) is 38.5 Å². The second kappa shape index (κ2) is 7.77. The van der Waals surface area contributed by atoms with Crippen LogP contribution in [0.25, 0.3) is 20.4 Å². The highest BCUT2D eigenvalue weighted by Gasteiger charge is 2.21. The fraction of sp³-hybridized carbons (Fsp3) is 0.300. The SMILES string of the molecule is Cc1sc2ncnc(SCC(=O)N(C)[C@H](C)c3nc4ccccc4s3)c2c1C. The summed E-state index contributed by atoms with van der Waals surface area (Å²) in [5.41, 5.74) is 2.18. The van der Waals surface area contributed by atoms with Gasteiger partial charge in [-0.25, -0.2) is 15.0 Å². The first kappa shape index (κ1) is 19.3. The van der Waals surface area contributed by atoms with Crippen LogP contribution in [0.4, 0.5) is 0 Å². The molecule has 144 valence electrons. The lowest BCUT2D eigenvalue weighted by molar-refractivity contribution is -0.128. The Morgan fingerprint density at radius 2 is 2.00 bits per heavy atom. The summed E-state index contributed by atoms with van der Waals surface area (Å²) >= 11 is 4.79. The van der Waals surface area contributed by atoms with E-state index in [0.29, 0.717) is 5.75 Å². The Balaban J connectivity index is 1.49. The van der Waals surface area contributed by atoms with Crippen molar-refractivity contribution in [2.45, 2.75) is 31.8 Å². The number of para-hydroxylation sites is 1. The number of thioether (sulfide) groups is 1. The van der Waals surface area contributed by atoms with Gasteiger partial charge in [0.15, 0.2) is 0 Å². The number of nitrogens with zero attached hydrogens (tertiary/aromatic N) is 4. The van der Waals surface area contributed by atoms with Crippen LogP contribution in [0.2, 0.25) is 0 Å². The Hall–Kier alpha value is -2.03. The van der Waals surface area contributed by atoms with Crippen molar-refractivity contribution in [1.29, 1.82) is 0 Å². The highest BCUT2D eigenvalue weighted by Crippen LogP contribution is 2.35. The lowest BCUT2D eigenvalue weighted by Gasteiger charge is -2.23. The molecule has 0 N–H and O–H groups in total. The van der Waals surface area contributed by atoms with Crippen LogP contribution >= 0.6 is 34.4 Å². The molecule has 0 aliphatic rings. The third-order valence-electron chi connectivity index (χ3n) is 4.91. The first-order valence-corrected chi connectivity index (χ1v) is 11.5. The van der Waals surface area contributed by atoms with E-state index in [2.05, 4.69) is 34.9 Å². The molecule has 8 heteroatoms. The van der Waals surface area contributed by atoms with Gasteiger partial charge in [-0.2, -0.15) is 0 Å². The van der Waals surface area contributed by atoms with E-state index in [1.165, 1.54) is 22.2 Å². The van der Waals surface area contributed by atoms with E-state index >= 15 is 0 Å². The van der Waals surface area contributed by atoms with E-state index < -0.39 is 0 Å². The quantitative estimate of drug-likeness (QED) is 0.322. The summed E-state index contributed by atoms with van der Waals surface area (Å²) < 4.78 is 1.14. The molecule has 0 bridgehead atoms. The van der Waals surface area contributed by atoms with Crippen molar-refractivity contribution in [3.05, 3.63) is 46.0 Å². The standard InChI is InChI=1S/C20H20N4OS3/c1-11-13(3)27-20-17(11)19(21-10-22-20)26-9-16(25)24(4)12(2)18-23-14-7-5-6-8-15(14)28-18/h5-8,10,12H,9H2,1-4H3/t12-/m1/s1. The highest BCUT2D eigenvalue weighted by atomic mass is 32.2. The minimum atomic E-state index is -0.0685. The summed E-state index contributed by atoms with van der Waals surface area (Å²) in [7, 11) is 1.84. The molecule has 0 aliphatic carbocycles. The van der Waals surface area contributed by atoms with E-state index in [-0.39, 0.29) is 11.9 Å². The maximum absolute atomic E-state index is 12.8. The van der Waals surface area contributed by atoms with Crippen LogP contribution in [0.15, 0.2) is 35.6 Å². The molecule has 28 heavy (non-hydrogen) atoms. The molecular weight excluding hydrogens is 408 g/mol. The lowest BCUT2D eigenvalue weighted by atomic mass is 10.2. The minimum Gasteiger partial charge on any atom is -0.336 e. The van der Waals surface area contributed by atoms with Crippen molar-refractivity contribution in [3.63, 3.8) is 0 Å². The van der Waals surface area contributed by atoms with E-state index in [9.17, 15) is 4.79 Å². The Morgan fingerprint density at radius 1 is 1.21 bits per heavy atom. The van der Waals surface area contributed by atoms with Crippen molar-refractivity contribution in [2.75, 3.05) is 12.8 Å². The summed E-state index contributed by atoms with van der Waals surface area (Å²) in [4.78, 5) is 30.3. The molecule has 0 saturated carbocycles. The maximum atomic E-state index is 12.8. The third kappa shape index (κ3) is 3.52. The van der Waals surface area contributed by atoms with Crippen molar-refractivity contribution in [3.8, 4) is 0 Å². The predicted octanol–water partition coefficient (Wildman–Crippen LogP) is 5.23. The third-order valence-corrected chi connectivity index (χ3v) is 8.20. The first-order chi connectivity index (χ1) is 13.5. The van der Waals surface area contributed by atoms with E-state index in [4.69, 9.17) is 0 Å². The average Bonchev–Trinajstić information content (AvgIpc) is 3.26. The van der Waals surface area contributed by atoms with Gasteiger partial charge in [0.2, 0.25) is 5.91 Å². The van der Waals surface area contributed by atoms with E-state index in [0.717, 1.165) is 30.5 Å². The number of carbonyl (C=O) groups excluding carboxylic acids is 1. The number of hydrogen-bond acceptors (Lipinski definition) is 7. The number of aromatic nitrogens is 3. The molecule has 5 nitrogen and oxygen atoms in total. The van der Waals surface area contributed by atoms with Gasteiger partial charge < -0.3 is 4.90 Å². The van der Waals surface area contributed by atoms with Crippen LogP contribution in [0.1, 0.15) is 28.4 Å². The van der Waals surface area contributed by atoms with E-state index in [1.54, 1.807) is 33.9 Å². The second-order valence-electron chi connectivity index (χ2n) is 6.63. The van der Waals surface area contributed by atoms with Crippen molar-refractivity contribution < 1.29 is 4.79 Å². The fourth-order valence-electron chi connectivity index (χ4n) is 2.94. The number of fused-ring (bicyclic) bond motifs is 2. The Labute approximate surface area is 175 Å². The van der Waals surface area contributed by atoms with Gasteiger partial charge >= 0.3 is 0 Å². The summed E-state index contributed by atoms with van der Waals surface area (Å²) in [6, 6.07) is 7.99. The van der Waals surface area contributed by atoms with Gasteiger partial charge in [0, 0.05) is 17.3 Å². The topological polar surface area (TPSA) is 59.0 Å². The summed E-state index contributed by atoms with van der Waals surface area (Å²) in [5.74, 6) is 0.403. The number of thiazole rings is 1. The second-order valence-corrected chi connectivity index (χ2v) is 9.86. The summed E-state index contributed by atoms with van der Waals surface area (Å²) in [6.45, 7) is 6.20. The van der Waals surface area contributed by atoms with Crippen LogP contribution in [0.5, 0.6) is 0 Å². The number of amides is 1. The van der Waals surface area contributed by atoms with Crippen LogP contribution in [0.3, 0.4) is 0 Å². The molecule has 1 amide bonds. The largest absolute Gasteiger partial charge is 0.336 e. The maximum Gasteiger partial charge on any atom is 0.233 e. The van der Waals surface area contributed by atoms with Crippen LogP contribution < -0.4 is 0 Å². The Kier molecular flexibility index (Phi) is 5.35. The van der Waals surface area contributed by atoms with Crippen molar-refractivity contribution >= 4 is 60.8 Å². The summed E-state index contributed by atoms with van der Waals surface area (Å²) in [5, 5.41) is 2.90. The Morgan fingerprint density at radius 3 is 2.79 bits per heavy atom. The molecule has 0 aliphatic heterocycles. The van der Waals surface area contributed by atoms with Gasteiger partial charge in [0.1, 0.15) is 21.2 Å².